The molecule has 3 N–H and O–H groups in total. The van der Waals surface area contributed by atoms with Crippen molar-refractivity contribution < 1.29 is 9.47 Å². The molecule has 6 heteroatoms. The number of hydrogen-bond acceptors (Lipinski definition) is 3. The highest BCUT2D eigenvalue weighted by atomic mass is 35.5. The molecule has 2 aliphatic rings. The molecule has 5 nitrogen and oxygen atoms in total. The van der Waals surface area contributed by atoms with Gasteiger partial charge in [0, 0.05) is 17.7 Å². The van der Waals surface area contributed by atoms with Crippen LogP contribution in [0.15, 0.2) is 23.2 Å². The average molecular weight is 338 g/mol. The topological polar surface area (TPSA) is 68.9 Å². The van der Waals surface area contributed by atoms with Gasteiger partial charge in [0.1, 0.15) is 5.75 Å². The second-order valence-electron chi connectivity index (χ2n) is 6.27. The summed E-state index contributed by atoms with van der Waals surface area (Å²) in [6.45, 7) is 2.81. The van der Waals surface area contributed by atoms with Gasteiger partial charge in [0.25, 0.3) is 0 Å². The summed E-state index contributed by atoms with van der Waals surface area (Å²) in [6.07, 6.45) is 4.94. The van der Waals surface area contributed by atoms with Crippen LogP contribution in [0.3, 0.4) is 0 Å². The Hall–Kier alpha value is -1.46. The summed E-state index contributed by atoms with van der Waals surface area (Å²) in [5.74, 6) is 1.07. The molecule has 126 valence electrons. The van der Waals surface area contributed by atoms with Crippen molar-refractivity contribution >= 4 is 23.2 Å². The summed E-state index contributed by atoms with van der Waals surface area (Å²) in [5, 5.41) is 3.66. The molecule has 1 spiro atoms. The van der Waals surface area contributed by atoms with Gasteiger partial charge < -0.3 is 20.5 Å². The molecule has 0 radical (unpaired) electrons. The largest absolute Gasteiger partial charge is 0.495 e. The highest BCUT2D eigenvalue weighted by Crippen LogP contribution is 2.58. The smallest absolute Gasteiger partial charge is 0.193 e. The van der Waals surface area contributed by atoms with Gasteiger partial charge in [0.05, 0.1) is 24.3 Å². The van der Waals surface area contributed by atoms with E-state index in [0.717, 1.165) is 18.7 Å². The van der Waals surface area contributed by atoms with E-state index in [1.54, 1.807) is 19.2 Å². The van der Waals surface area contributed by atoms with Crippen molar-refractivity contribution in [2.24, 2.45) is 16.1 Å². The van der Waals surface area contributed by atoms with Gasteiger partial charge in [-0.3, -0.25) is 0 Å². The van der Waals surface area contributed by atoms with Crippen LogP contribution in [0, 0.1) is 5.41 Å². The van der Waals surface area contributed by atoms with Gasteiger partial charge in [0.15, 0.2) is 5.96 Å². The minimum Gasteiger partial charge on any atom is -0.495 e. The molecular weight excluding hydrogens is 314 g/mol. The van der Waals surface area contributed by atoms with Gasteiger partial charge in [-0.05, 0) is 44.4 Å². The van der Waals surface area contributed by atoms with E-state index in [9.17, 15) is 0 Å². The molecule has 2 saturated carbocycles. The van der Waals surface area contributed by atoms with E-state index in [1.807, 2.05) is 13.0 Å². The van der Waals surface area contributed by atoms with Gasteiger partial charge in [-0.1, -0.05) is 18.0 Å². The number of hydrogen-bond donors (Lipinski definition) is 2. The lowest BCUT2D eigenvalue weighted by molar-refractivity contribution is -0.162. The van der Waals surface area contributed by atoms with Crippen LogP contribution in [0.2, 0.25) is 5.02 Å². The van der Waals surface area contributed by atoms with Crippen molar-refractivity contribution in [3.05, 3.63) is 23.2 Å². The number of benzene rings is 1. The Bertz CT molecular complexity index is 602. The predicted molar refractivity (Wildman–Crippen MR) is 93.4 cm³/mol. The van der Waals surface area contributed by atoms with Crippen molar-refractivity contribution in [1.82, 2.24) is 0 Å². The molecule has 1 aromatic rings. The SMILES string of the molecule is CCOC1CC(N=C(N)Nc2ccc(OC)c(Cl)c2)C12CCC2. The Kier molecular flexibility index (Phi) is 4.69. The summed E-state index contributed by atoms with van der Waals surface area (Å²) in [7, 11) is 1.59. The highest BCUT2D eigenvalue weighted by molar-refractivity contribution is 6.32. The number of nitrogens with one attached hydrogen (secondary N) is 1. The zero-order valence-corrected chi connectivity index (χ0v) is 14.4. The molecule has 23 heavy (non-hydrogen) atoms. The molecule has 0 amide bonds. The molecular formula is C17H24ClN3O2. The normalized spacial score (nSPS) is 25.6. The van der Waals surface area contributed by atoms with Crippen LogP contribution in [-0.4, -0.2) is 31.8 Å². The van der Waals surface area contributed by atoms with Crippen LogP contribution >= 0.6 is 11.6 Å². The molecule has 2 unspecified atom stereocenters. The number of aliphatic imine (C=N–C) groups is 1. The van der Waals surface area contributed by atoms with Crippen LogP contribution in [0.5, 0.6) is 5.75 Å². The fraction of sp³-hybridized carbons (Fsp3) is 0.588. The minimum atomic E-state index is 0.222. The van der Waals surface area contributed by atoms with Crippen molar-refractivity contribution in [2.45, 2.75) is 44.8 Å². The monoisotopic (exact) mass is 337 g/mol. The van der Waals surface area contributed by atoms with E-state index >= 15 is 0 Å². The third-order valence-corrected chi connectivity index (χ3v) is 5.41. The van der Waals surface area contributed by atoms with E-state index in [4.69, 9.17) is 26.8 Å². The molecule has 3 rings (SSSR count). The number of halogens is 1. The van der Waals surface area contributed by atoms with Gasteiger partial charge in [0.2, 0.25) is 0 Å². The van der Waals surface area contributed by atoms with Crippen LogP contribution in [-0.2, 0) is 4.74 Å². The average Bonchev–Trinajstić information content (AvgIpc) is 2.44. The van der Waals surface area contributed by atoms with E-state index in [1.165, 1.54) is 19.3 Å². The van der Waals surface area contributed by atoms with E-state index in [-0.39, 0.29) is 11.5 Å². The molecule has 0 aromatic heterocycles. The molecule has 2 aliphatic carbocycles. The molecule has 0 saturated heterocycles. The van der Waals surface area contributed by atoms with Crippen molar-refractivity contribution in [1.29, 1.82) is 0 Å². The van der Waals surface area contributed by atoms with Gasteiger partial charge in [-0.25, -0.2) is 4.99 Å². The second-order valence-corrected chi connectivity index (χ2v) is 6.68. The van der Waals surface area contributed by atoms with Crippen LogP contribution in [0.25, 0.3) is 0 Å². The second kappa shape index (κ2) is 6.57. The number of ether oxygens (including phenoxy) is 2. The third-order valence-electron chi connectivity index (χ3n) is 5.11. The summed E-state index contributed by atoms with van der Waals surface area (Å²) in [6, 6.07) is 5.72. The zero-order chi connectivity index (χ0) is 16.4. The Morgan fingerprint density at radius 1 is 1.48 bits per heavy atom. The summed E-state index contributed by atoms with van der Waals surface area (Å²) >= 11 is 6.13. The standard InChI is InChI=1S/C17H24ClN3O2/c1-3-23-15-10-14(17(15)7-4-8-17)21-16(19)20-11-5-6-13(22-2)12(18)9-11/h5-6,9,14-15H,3-4,7-8,10H2,1-2H3,(H3,19,20,21). The quantitative estimate of drug-likeness (QED) is 0.638. The lowest BCUT2D eigenvalue weighted by Crippen LogP contribution is -2.61. The maximum atomic E-state index is 6.13. The highest BCUT2D eigenvalue weighted by Gasteiger charge is 2.59. The fourth-order valence-electron chi connectivity index (χ4n) is 3.68. The number of guanidine groups is 1. The maximum Gasteiger partial charge on any atom is 0.193 e. The number of methoxy groups -OCH3 is 1. The third kappa shape index (κ3) is 3.00. The first-order valence-electron chi connectivity index (χ1n) is 8.14. The number of rotatable bonds is 5. The number of nitrogens with two attached hydrogens (primary N) is 1. The van der Waals surface area contributed by atoms with E-state index in [0.29, 0.717) is 22.8 Å². The molecule has 0 heterocycles. The number of anilines is 1. The Balaban J connectivity index is 1.65. The summed E-state index contributed by atoms with van der Waals surface area (Å²) in [4.78, 5) is 4.69. The molecule has 0 aliphatic heterocycles. The van der Waals surface area contributed by atoms with E-state index in [2.05, 4.69) is 10.3 Å². The summed E-state index contributed by atoms with van der Waals surface area (Å²) in [5.41, 5.74) is 7.11. The first-order valence-corrected chi connectivity index (χ1v) is 8.52. The Labute approximate surface area is 142 Å². The van der Waals surface area contributed by atoms with Crippen LogP contribution in [0.1, 0.15) is 32.6 Å². The first kappa shape index (κ1) is 16.4. The van der Waals surface area contributed by atoms with Gasteiger partial charge in [-0.2, -0.15) is 0 Å². The lowest BCUT2D eigenvalue weighted by Gasteiger charge is -2.59. The molecule has 1 aromatic carbocycles. The lowest BCUT2D eigenvalue weighted by atomic mass is 9.51. The molecule has 0 bridgehead atoms. The summed E-state index contributed by atoms with van der Waals surface area (Å²) < 4.78 is 11.0. The van der Waals surface area contributed by atoms with Crippen LogP contribution < -0.4 is 15.8 Å². The van der Waals surface area contributed by atoms with E-state index < -0.39 is 0 Å². The Morgan fingerprint density at radius 3 is 2.83 bits per heavy atom. The Morgan fingerprint density at radius 2 is 2.26 bits per heavy atom. The van der Waals surface area contributed by atoms with Gasteiger partial charge in [-0.15, -0.1) is 0 Å². The van der Waals surface area contributed by atoms with Gasteiger partial charge >= 0.3 is 0 Å². The maximum absolute atomic E-state index is 6.13. The zero-order valence-electron chi connectivity index (χ0n) is 13.6. The fourth-order valence-corrected chi connectivity index (χ4v) is 3.93. The first-order chi connectivity index (χ1) is 11.1. The van der Waals surface area contributed by atoms with Crippen molar-refractivity contribution in [3.63, 3.8) is 0 Å². The van der Waals surface area contributed by atoms with Crippen molar-refractivity contribution in [3.8, 4) is 5.75 Å². The predicted octanol–water partition coefficient (Wildman–Crippen LogP) is 3.42. The minimum absolute atomic E-state index is 0.222. The molecule has 2 atom stereocenters. The number of nitrogens with zero attached hydrogens (tertiary/aromatic N) is 1. The molecule has 2 fully saturated rings. The van der Waals surface area contributed by atoms with Crippen LogP contribution in [0.4, 0.5) is 5.69 Å². The van der Waals surface area contributed by atoms with Crippen molar-refractivity contribution in [2.75, 3.05) is 19.0 Å².